The summed E-state index contributed by atoms with van der Waals surface area (Å²) in [4.78, 5) is 29.6. The van der Waals surface area contributed by atoms with Crippen molar-refractivity contribution >= 4 is 43.5 Å². The summed E-state index contributed by atoms with van der Waals surface area (Å²) in [6.07, 6.45) is 1.65. The number of methoxy groups -OCH3 is 1. The lowest BCUT2D eigenvalue weighted by Gasteiger charge is -2.16. The average Bonchev–Trinajstić information content (AvgIpc) is 3.18. The van der Waals surface area contributed by atoms with Crippen LogP contribution in [0.2, 0.25) is 0 Å². The second-order valence-electron chi connectivity index (χ2n) is 7.73. The standard InChI is InChI=1S/C24H29N3O6S2/c1-5-7-14-26(3)35(30,31)19-11-8-17(9-12-19)23(29)25-24-27(16-22(28)32-4)20-13-10-18(33-6-2)15-21(20)34-24/h8-13,15H,5-7,14,16H2,1-4H3. The Kier molecular flexibility index (Phi) is 8.82. The SMILES string of the molecule is CCCCN(C)S(=O)(=O)c1ccc(C(=O)N=c2sc3cc(OCC)ccc3n2CC(=O)OC)cc1. The van der Waals surface area contributed by atoms with Crippen molar-refractivity contribution in [3.05, 3.63) is 52.8 Å². The first kappa shape index (κ1) is 26.6. The molecule has 0 saturated heterocycles. The van der Waals surface area contributed by atoms with E-state index in [9.17, 15) is 18.0 Å². The van der Waals surface area contributed by atoms with Gasteiger partial charge in [-0.25, -0.2) is 12.7 Å². The van der Waals surface area contributed by atoms with E-state index in [1.807, 2.05) is 19.9 Å². The van der Waals surface area contributed by atoms with E-state index in [4.69, 9.17) is 9.47 Å². The van der Waals surface area contributed by atoms with Gasteiger partial charge in [0, 0.05) is 19.2 Å². The number of fused-ring (bicyclic) bond motifs is 1. The van der Waals surface area contributed by atoms with E-state index >= 15 is 0 Å². The topological polar surface area (TPSA) is 107 Å². The number of rotatable bonds is 10. The zero-order valence-corrected chi connectivity index (χ0v) is 21.8. The number of carbonyl (C=O) groups is 2. The van der Waals surface area contributed by atoms with Gasteiger partial charge in [-0.15, -0.1) is 0 Å². The van der Waals surface area contributed by atoms with Crippen LogP contribution in [0.3, 0.4) is 0 Å². The number of sulfonamides is 1. The van der Waals surface area contributed by atoms with Crippen molar-refractivity contribution in [3.8, 4) is 5.75 Å². The van der Waals surface area contributed by atoms with Gasteiger partial charge in [-0.2, -0.15) is 4.99 Å². The molecule has 11 heteroatoms. The van der Waals surface area contributed by atoms with Gasteiger partial charge < -0.3 is 14.0 Å². The Labute approximate surface area is 208 Å². The second-order valence-corrected chi connectivity index (χ2v) is 10.8. The quantitative estimate of drug-likeness (QED) is 0.380. The van der Waals surface area contributed by atoms with E-state index in [1.165, 1.54) is 54.1 Å². The zero-order chi connectivity index (χ0) is 25.6. The van der Waals surface area contributed by atoms with Crippen LogP contribution in [0.5, 0.6) is 5.75 Å². The first-order valence-electron chi connectivity index (χ1n) is 11.2. The molecule has 9 nitrogen and oxygen atoms in total. The molecule has 35 heavy (non-hydrogen) atoms. The van der Waals surface area contributed by atoms with Gasteiger partial charge in [-0.3, -0.25) is 9.59 Å². The van der Waals surface area contributed by atoms with Crippen molar-refractivity contribution in [1.82, 2.24) is 8.87 Å². The number of thiazole rings is 1. The van der Waals surface area contributed by atoms with Crippen LogP contribution in [0, 0.1) is 0 Å². The molecule has 1 amide bonds. The first-order valence-corrected chi connectivity index (χ1v) is 13.4. The van der Waals surface area contributed by atoms with Crippen LogP contribution in [-0.4, -0.2) is 56.5 Å². The van der Waals surface area contributed by atoms with Gasteiger partial charge in [0.25, 0.3) is 5.91 Å². The van der Waals surface area contributed by atoms with E-state index in [0.29, 0.717) is 29.2 Å². The number of hydrogen-bond donors (Lipinski definition) is 0. The van der Waals surface area contributed by atoms with Crippen LogP contribution in [0.15, 0.2) is 52.4 Å². The van der Waals surface area contributed by atoms with Gasteiger partial charge in [-0.05, 0) is 55.8 Å². The number of unbranched alkanes of at least 4 members (excludes halogenated alkanes) is 1. The van der Waals surface area contributed by atoms with Crippen molar-refractivity contribution in [1.29, 1.82) is 0 Å². The summed E-state index contributed by atoms with van der Waals surface area (Å²) in [5.41, 5.74) is 0.948. The minimum absolute atomic E-state index is 0.110. The fraction of sp³-hybridized carbons (Fsp3) is 0.375. The Morgan fingerprint density at radius 3 is 2.46 bits per heavy atom. The molecule has 0 bridgehead atoms. The van der Waals surface area contributed by atoms with Crippen molar-refractivity contribution in [2.24, 2.45) is 4.99 Å². The zero-order valence-electron chi connectivity index (χ0n) is 20.2. The highest BCUT2D eigenvalue weighted by Gasteiger charge is 2.20. The van der Waals surface area contributed by atoms with E-state index in [-0.39, 0.29) is 17.0 Å². The van der Waals surface area contributed by atoms with E-state index in [1.54, 1.807) is 16.7 Å². The molecule has 0 spiro atoms. The molecular weight excluding hydrogens is 490 g/mol. The van der Waals surface area contributed by atoms with Crippen molar-refractivity contribution in [2.75, 3.05) is 27.3 Å². The third-order valence-electron chi connectivity index (χ3n) is 5.31. The second kappa shape index (κ2) is 11.6. The molecule has 0 radical (unpaired) electrons. The molecule has 0 atom stereocenters. The molecule has 3 rings (SSSR count). The van der Waals surface area contributed by atoms with E-state index in [0.717, 1.165) is 17.5 Å². The lowest BCUT2D eigenvalue weighted by molar-refractivity contribution is -0.141. The molecule has 0 fully saturated rings. The van der Waals surface area contributed by atoms with Crippen molar-refractivity contribution in [2.45, 2.75) is 38.1 Å². The molecule has 0 N–H and O–H groups in total. The molecule has 188 valence electrons. The van der Waals surface area contributed by atoms with Crippen LogP contribution in [0.25, 0.3) is 10.2 Å². The summed E-state index contributed by atoms with van der Waals surface area (Å²) in [5.74, 6) is -0.359. The summed E-state index contributed by atoms with van der Waals surface area (Å²) in [6.45, 7) is 4.70. The maximum absolute atomic E-state index is 12.9. The molecule has 3 aromatic rings. The Morgan fingerprint density at radius 1 is 1.11 bits per heavy atom. The number of carbonyl (C=O) groups excluding carboxylic acids is 2. The predicted octanol–water partition coefficient (Wildman–Crippen LogP) is 3.44. The monoisotopic (exact) mass is 519 g/mol. The van der Waals surface area contributed by atoms with Crippen LogP contribution < -0.4 is 9.54 Å². The Balaban J connectivity index is 1.96. The van der Waals surface area contributed by atoms with Gasteiger partial charge in [0.1, 0.15) is 12.3 Å². The highest BCUT2D eigenvalue weighted by atomic mass is 32.2. The fourth-order valence-electron chi connectivity index (χ4n) is 3.34. The Hall–Kier alpha value is -3.02. The van der Waals surface area contributed by atoms with Gasteiger partial charge in [-0.1, -0.05) is 24.7 Å². The largest absolute Gasteiger partial charge is 0.494 e. The minimum Gasteiger partial charge on any atom is -0.494 e. The summed E-state index contributed by atoms with van der Waals surface area (Å²) in [5, 5.41) is 0. The van der Waals surface area contributed by atoms with Gasteiger partial charge >= 0.3 is 5.97 Å². The third kappa shape index (κ3) is 6.16. The number of aromatic nitrogens is 1. The smallest absolute Gasteiger partial charge is 0.325 e. The summed E-state index contributed by atoms with van der Waals surface area (Å²) in [6, 6.07) is 11.1. The lowest BCUT2D eigenvalue weighted by Crippen LogP contribution is -2.27. The number of benzene rings is 2. The maximum Gasteiger partial charge on any atom is 0.325 e. The summed E-state index contributed by atoms with van der Waals surface area (Å²) >= 11 is 1.24. The molecule has 0 aliphatic rings. The van der Waals surface area contributed by atoms with Crippen LogP contribution in [0.4, 0.5) is 0 Å². The molecule has 0 saturated carbocycles. The molecule has 0 aliphatic heterocycles. The highest BCUT2D eigenvalue weighted by molar-refractivity contribution is 7.89. The van der Waals surface area contributed by atoms with Crippen LogP contribution >= 0.6 is 11.3 Å². The van der Waals surface area contributed by atoms with Gasteiger partial charge in [0.2, 0.25) is 10.0 Å². The van der Waals surface area contributed by atoms with Crippen LogP contribution in [0.1, 0.15) is 37.0 Å². The van der Waals surface area contributed by atoms with Crippen molar-refractivity contribution < 1.29 is 27.5 Å². The molecule has 0 aliphatic carbocycles. The first-order chi connectivity index (χ1) is 16.7. The molecule has 2 aromatic carbocycles. The fourth-order valence-corrected chi connectivity index (χ4v) is 5.61. The van der Waals surface area contributed by atoms with Crippen LogP contribution in [-0.2, 0) is 26.1 Å². The average molecular weight is 520 g/mol. The maximum atomic E-state index is 12.9. The van der Waals surface area contributed by atoms with E-state index < -0.39 is 21.9 Å². The molecule has 0 unspecified atom stereocenters. The molecular formula is C24H29N3O6S2. The number of hydrogen-bond acceptors (Lipinski definition) is 7. The van der Waals surface area contributed by atoms with Gasteiger partial charge in [0.15, 0.2) is 4.80 Å². The lowest BCUT2D eigenvalue weighted by atomic mass is 10.2. The third-order valence-corrected chi connectivity index (χ3v) is 8.23. The molecule has 1 aromatic heterocycles. The predicted molar refractivity (Wildman–Crippen MR) is 134 cm³/mol. The van der Waals surface area contributed by atoms with E-state index in [2.05, 4.69) is 4.99 Å². The number of esters is 1. The highest BCUT2D eigenvalue weighted by Crippen LogP contribution is 2.24. The summed E-state index contributed by atoms with van der Waals surface area (Å²) in [7, 11) is -0.803. The Bertz CT molecular complexity index is 1370. The number of nitrogens with zero attached hydrogens (tertiary/aromatic N) is 3. The Morgan fingerprint density at radius 2 is 1.83 bits per heavy atom. The van der Waals surface area contributed by atoms with Gasteiger partial charge in [0.05, 0.1) is 28.8 Å². The molecule has 1 heterocycles. The number of ether oxygens (including phenoxy) is 2. The normalized spacial score (nSPS) is 12.3. The number of amides is 1. The minimum atomic E-state index is -3.64. The summed E-state index contributed by atoms with van der Waals surface area (Å²) < 4.78 is 39.5. The van der Waals surface area contributed by atoms with Crippen molar-refractivity contribution in [3.63, 3.8) is 0 Å².